The molecule has 1 unspecified atom stereocenters. The van der Waals surface area contributed by atoms with Crippen molar-refractivity contribution in [2.45, 2.75) is 19.7 Å². The Labute approximate surface area is 119 Å². The lowest BCUT2D eigenvalue weighted by molar-refractivity contribution is 0.151. The Morgan fingerprint density at radius 1 is 1.10 bits per heavy atom. The fraction of sp³-hybridized carbons (Fsp3) is 0.500. The quantitative estimate of drug-likeness (QED) is 0.733. The van der Waals surface area contributed by atoms with Crippen LogP contribution in [0.3, 0.4) is 0 Å². The van der Waals surface area contributed by atoms with E-state index in [1.807, 2.05) is 26.0 Å². The topological polar surface area (TPSA) is 63.2 Å². The van der Waals surface area contributed by atoms with Gasteiger partial charge in [0.25, 0.3) is 0 Å². The lowest BCUT2D eigenvalue weighted by atomic mass is 10.2. The molecule has 0 N–H and O–H groups in total. The van der Waals surface area contributed by atoms with Gasteiger partial charge in [0.15, 0.2) is 17.3 Å². The third-order valence-electron chi connectivity index (χ3n) is 2.78. The average Bonchev–Trinajstić information content (AvgIpc) is 2.86. The molecule has 0 bridgehead atoms. The first-order chi connectivity index (χ1) is 9.50. The van der Waals surface area contributed by atoms with Gasteiger partial charge in [-0.15, -0.1) is 0 Å². The van der Waals surface area contributed by atoms with Crippen LogP contribution in [0.15, 0.2) is 24.3 Å². The van der Waals surface area contributed by atoms with E-state index in [2.05, 4.69) is 0 Å². The number of hydrogen-bond donors (Lipinski definition) is 0. The summed E-state index contributed by atoms with van der Waals surface area (Å²) in [5.74, 6) is 0.397. The number of fused-ring (bicyclic) bond motifs is 1. The van der Waals surface area contributed by atoms with Gasteiger partial charge in [0, 0.05) is 14.2 Å². The van der Waals surface area contributed by atoms with Crippen molar-refractivity contribution < 1.29 is 27.2 Å². The number of rotatable bonds is 6. The third-order valence-corrected chi connectivity index (χ3v) is 6.38. The van der Waals surface area contributed by atoms with E-state index in [0.717, 1.165) is 0 Å². The molecule has 0 radical (unpaired) electrons. The van der Waals surface area contributed by atoms with Crippen LogP contribution >= 0.6 is 16.2 Å². The highest BCUT2D eigenvalue weighted by Gasteiger charge is 2.43. The van der Waals surface area contributed by atoms with Crippen molar-refractivity contribution in [2.24, 2.45) is 5.92 Å². The van der Waals surface area contributed by atoms with Gasteiger partial charge in [0.1, 0.15) is 0 Å². The summed E-state index contributed by atoms with van der Waals surface area (Å²) in [4.78, 5) is 0. The van der Waals surface area contributed by atoms with Crippen molar-refractivity contribution >= 4 is 16.2 Å². The molecule has 0 aromatic heterocycles. The molecule has 1 aliphatic rings. The molecule has 20 heavy (non-hydrogen) atoms. The molecule has 1 heterocycles. The molecule has 0 saturated heterocycles. The van der Waals surface area contributed by atoms with Crippen molar-refractivity contribution in [2.75, 3.05) is 14.2 Å². The van der Waals surface area contributed by atoms with E-state index >= 15 is 0 Å². The van der Waals surface area contributed by atoms with Gasteiger partial charge in [0.05, 0.1) is 0 Å². The Morgan fingerprint density at radius 3 is 2.00 bits per heavy atom. The number of hydrogen-bond acceptors (Lipinski definition) is 6. The summed E-state index contributed by atoms with van der Waals surface area (Å²) in [5.41, 5.74) is 0. The monoisotopic (exact) mass is 320 g/mol. The zero-order valence-electron chi connectivity index (χ0n) is 11.8. The molecule has 0 fully saturated rings. The Morgan fingerprint density at radius 2 is 1.60 bits per heavy atom. The molecule has 0 amide bonds. The SMILES string of the molecule is COP(=O)(OC)C(OP1Oc2ccccc2O1)C(C)C. The second-order valence-corrected chi connectivity index (χ2v) is 7.84. The maximum Gasteiger partial charge on any atom is 0.464 e. The van der Waals surface area contributed by atoms with Crippen LogP contribution in [-0.4, -0.2) is 20.1 Å². The predicted octanol–water partition coefficient (Wildman–Crippen LogP) is 4.17. The first-order valence-corrected chi connectivity index (χ1v) is 8.84. The zero-order chi connectivity index (χ0) is 14.8. The van der Waals surface area contributed by atoms with E-state index in [1.165, 1.54) is 14.2 Å². The van der Waals surface area contributed by atoms with Gasteiger partial charge in [-0.25, -0.2) is 0 Å². The van der Waals surface area contributed by atoms with E-state index in [4.69, 9.17) is 22.6 Å². The molecule has 6 nitrogen and oxygen atoms in total. The van der Waals surface area contributed by atoms with Crippen LogP contribution in [0.1, 0.15) is 13.8 Å². The average molecular weight is 320 g/mol. The summed E-state index contributed by atoms with van der Waals surface area (Å²) in [6.45, 7) is 3.74. The van der Waals surface area contributed by atoms with Crippen LogP contribution in [0.2, 0.25) is 0 Å². The minimum absolute atomic E-state index is 0.0841. The Kier molecular flexibility index (Phi) is 5.05. The molecule has 8 heteroatoms. The maximum atomic E-state index is 12.5. The second-order valence-electron chi connectivity index (χ2n) is 4.50. The van der Waals surface area contributed by atoms with Crippen molar-refractivity contribution in [3.63, 3.8) is 0 Å². The highest BCUT2D eigenvalue weighted by Crippen LogP contribution is 2.61. The Balaban J connectivity index is 2.10. The van der Waals surface area contributed by atoms with Gasteiger partial charge >= 0.3 is 16.2 Å². The minimum atomic E-state index is -3.36. The summed E-state index contributed by atoms with van der Waals surface area (Å²) in [5, 5.41) is 0. The first-order valence-electron chi connectivity index (χ1n) is 6.13. The van der Waals surface area contributed by atoms with E-state index in [-0.39, 0.29) is 5.92 Å². The molecule has 0 spiro atoms. The van der Waals surface area contributed by atoms with Crippen LogP contribution < -0.4 is 9.05 Å². The third kappa shape index (κ3) is 3.16. The highest BCUT2D eigenvalue weighted by atomic mass is 31.2. The van der Waals surface area contributed by atoms with E-state index in [9.17, 15) is 4.57 Å². The molecule has 1 aliphatic heterocycles. The molecule has 1 aromatic carbocycles. The van der Waals surface area contributed by atoms with Crippen LogP contribution in [0.5, 0.6) is 11.5 Å². The molecule has 0 saturated carbocycles. The molecule has 0 aliphatic carbocycles. The Bertz CT molecular complexity index is 473. The van der Waals surface area contributed by atoms with Gasteiger partial charge in [-0.05, 0) is 18.1 Å². The fourth-order valence-corrected chi connectivity index (χ4v) is 4.89. The van der Waals surface area contributed by atoms with E-state index < -0.39 is 22.0 Å². The summed E-state index contributed by atoms with van der Waals surface area (Å²) in [6.07, 6.45) is 0. The fourth-order valence-electron chi connectivity index (χ4n) is 1.74. The highest BCUT2D eigenvalue weighted by molar-refractivity contribution is 7.55. The minimum Gasteiger partial charge on any atom is -0.414 e. The Hall–Kier alpha value is -0.640. The van der Waals surface area contributed by atoms with Crippen molar-refractivity contribution in [3.8, 4) is 11.5 Å². The van der Waals surface area contributed by atoms with Crippen LogP contribution in [0.4, 0.5) is 0 Å². The van der Waals surface area contributed by atoms with Gasteiger partial charge in [-0.2, -0.15) is 0 Å². The molecular formula is C12H18O6P2. The largest absolute Gasteiger partial charge is 0.464 e. The predicted molar refractivity (Wildman–Crippen MR) is 76.0 cm³/mol. The van der Waals surface area contributed by atoms with Gasteiger partial charge < -0.3 is 18.1 Å². The van der Waals surface area contributed by atoms with Crippen LogP contribution in [-0.2, 0) is 18.1 Å². The maximum absolute atomic E-state index is 12.5. The second kappa shape index (κ2) is 6.42. The van der Waals surface area contributed by atoms with Gasteiger partial charge in [-0.3, -0.25) is 9.09 Å². The molecule has 112 valence electrons. The van der Waals surface area contributed by atoms with Gasteiger partial charge in [0.2, 0.25) is 0 Å². The molecule has 2 rings (SSSR count). The summed E-state index contributed by atoms with van der Waals surface area (Å²) in [6, 6.07) is 7.27. The zero-order valence-corrected chi connectivity index (χ0v) is 13.6. The van der Waals surface area contributed by atoms with Crippen LogP contribution in [0.25, 0.3) is 0 Å². The molecule has 1 aromatic rings. The number of benzene rings is 1. The molecule has 1 atom stereocenters. The summed E-state index contributed by atoms with van der Waals surface area (Å²) < 4.78 is 39.3. The first kappa shape index (κ1) is 15.7. The molecular weight excluding hydrogens is 302 g/mol. The van der Waals surface area contributed by atoms with Crippen molar-refractivity contribution in [1.29, 1.82) is 0 Å². The standard InChI is InChI=1S/C12H18O6P2/c1-9(2)12(20(13,14-3)15-4)18-19-16-10-7-5-6-8-11(10)17-19/h5-9,12H,1-4H3. The van der Waals surface area contributed by atoms with E-state index in [0.29, 0.717) is 11.5 Å². The van der Waals surface area contributed by atoms with Gasteiger partial charge in [-0.1, -0.05) is 26.0 Å². The van der Waals surface area contributed by atoms with Crippen molar-refractivity contribution in [1.82, 2.24) is 0 Å². The summed E-state index contributed by atoms with van der Waals surface area (Å²) in [7, 11) is -2.34. The smallest absolute Gasteiger partial charge is 0.414 e. The lowest BCUT2D eigenvalue weighted by Crippen LogP contribution is -2.21. The lowest BCUT2D eigenvalue weighted by Gasteiger charge is -2.27. The van der Waals surface area contributed by atoms with Crippen LogP contribution in [0, 0.1) is 5.92 Å². The number of para-hydroxylation sites is 2. The normalized spacial score (nSPS) is 16.6. The summed E-state index contributed by atoms with van der Waals surface area (Å²) >= 11 is 0. The van der Waals surface area contributed by atoms with Crippen molar-refractivity contribution in [3.05, 3.63) is 24.3 Å². The van der Waals surface area contributed by atoms with E-state index in [1.54, 1.807) is 12.1 Å².